The van der Waals surface area contributed by atoms with Gasteiger partial charge in [-0.3, -0.25) is 15.0 Å². The van der Waals surface area contributed by atoms with Gasteiger partial charge in [0.1, 0.15) is 12.0 Å². The van der Waals surface area contributed by atoms with E-state index in [2.05, 4.69) is 14.8 Å². The van der Waals surface area contributed by atoms with Crippen LogP contribution in [0.5, 0.6) is 0 Å². The van der Waals surface area contributed by atoms with Gasteiger partial charge in [-0.05, 0) is 30.2 Å². The lowest BCUT2D eigenvalue weighted by molar-refractivity contribution is -0.385. The number of nitrogens with zero attached hydrogens (tertiary/aromatic N) is 4. The molecule has 0 aliphatic carbocycles. The van der Waals surface area contributed by atoms with Crippen molar-refractivity contribution in [2.24, 2.45) is 0 Å². The Labute approximate surface area is 154 Å². The SMILES string of the molecule is Cc1cc([N+](=O)[O-])cnc1N1CCN(Cc2ccc(C(F)(F)F)cc2)CC1. The number of aryl methyl sites for hydroxylation is 1. The van der Waals surface area contributed by atoms with E-state index in [1.807, 2.05) is 0 Å². The molecule has 0 saturated carbocycles. The molecule has 1 fully saturated rings. The molecule has 1 saturated heterocycles. The second kappa shape index (κ2) is 7.51. The minimum atomic E-state index is -4.32. The van der Waals surface area contributed by atoms with Gasteiger partial charge in [0.15, 0.2) is 0 Å². The fourth-order valence-electron chi connectivity index (χ4n) is 3.16. The minimum Gasteiger partial charge on any atom is -0.354 e. The zero-order chi connectivity index (χ0) is 19.6. The van der Waals surface area contributed by atoms with Crippen LogP contribution in [0.2, 0.25) is 0 Å². The van der Waals surface area contributed by atoms with Gasteiger partial charge < -0.3 is 4.90 Å². The molecule has 0 bridgehead atoms. The van der Waals surface area contributed by atoms with Gasteiger partial charge in [-0.1, -0.05) is 12.1 Å². The molecule has 27 heavy (non-hydrogen) atoms. The first-order chi connectivity index (χ1) is 12.7. The maximum absolute atomic E-state index is 12.6. The standard InChI is InChI=1S/C18H19F3N4O2/c1-13-10-16(25(26)27)11-22-17(13)24-8-6-23(7-9-24)12-14-2-4-15(5-3-14)18(19,20)21/h2-5,10-11H,6-9,12H2,1H3. The summed E-state index contributed by atoms with van der Waals surface area (Å²) in [5, 5.41) is 10.8. The van der Waals surface area contributed by atoms with Crippen molar-refractivity contribution < 1.29 is 18.1 Å². The average Bonchev–Trinajstić information content (AvgIpc) is 2.62. The lowest BCUT2D eigenvalue weighted by Crippen LogP contribution is -2.46. The molecule has 0 unspecified atom stereocenters. The number of pyridine rings is 1. The number of nitro groups is 1. The normalized spacial score (nSPS) is 15.8. The second-order valence-corrected chi connectivity index (χ2v) is 6.55. The van der Waals surface area contributed by atoms with E-state index in [9.17, 15) is 23.3 Å². The zero-order valence-corrected chi connectivity index (χ0v) is 14.7. The number of aromatic nitrogens is 1. The van der Waals surface area contributed by atoms with E-state index in [-0.39, 0.29) is 5.69 Å². The van der Waals surface area contributed by atoms with Crippen molar-refractivity contribution >= 4 is 11.5 Å². The van der Waals surface area contributed by atoms with Crippen LogP contribution in [0.1, 0.15) is 16.7 Å². The minimum absolute atomic E-state index is 0.0304. The summed E-state index contributed by atoms with van der Waals surface area (Å²) in [6.45, 7) is 5.25. The van der Waals surface area contributed by atoms with Gasteiger partial charge in [0.2, 0.25) is 0 Å². The van der Waals surface area contributed by atoms with Gasteiger partial charge in [-0.2, -0.15) is 13.2 Å². The van der Waals surface area contributed by atoms with Gasteiger partial charge in [0.25, 0.3) is 5.69 Å². The van der Waals surface area contributed by atoms with Gasteiger partial charge in [0, 0.05) is 38.8 Å². The molecule has 0 N–H and O–H groups in total. The number of rotatable bonds is 4. The van der Waals surface area contributed by atoms with Crippen molar-refractivity contribution in [2.75, 3.05) is 31.1 Å². The van der Waals surface area contributed by atoms with Crippen LogP contribution in [0.4, 0.5) is 24.7 Å². The van der Waals surface area contributed by atoms with Gasteiger partial charge in [0.05, 0.1) is 10.5 Å². The molecule has 3 rings (SSSR count). The maximum atomic E-state index is 12.6. The number of hydrogen-bond donors (Lipinski definition) is 0. The second-order valence-electron chi connectivity index (χ2n) is 6.55. The topological polar surface area (TPSA) is 62.5 Å². The molecule has 2 aromatic rings. The van der Waals surface area contributed by atoms with Gasteiger partial charge in [-0.15, -0.1) is 0 Å². The van der Waals surface area contributed by atoms with Crippen molar-refractivity contribution in [1.29, 1.82) is 0 Å². The molecule has 0 spiro atoms. The lowest BCUT2D eigenvalue weighted by atomic mass is 10.1. The molecule has 0 radical (unpaired) electrons. The Balaban J connectivity index is 1.58. The molecule has 1 aromatic heterocycles. The Morgan fingerprint density at radius 3 is 2.30 bits per heavy atom. The molecule has 2 heterocycles. The zero-order valence-electron chi connectivity index (χ0n) is 14.7. The van der Waals surface area contributed by atoms with Crippen LogP contribution < -0.4 is 4.90 Å². The number of anilines is 1. The lowest BCUT2D eigenvalue weighted by Gasteiger charge is -2.36. The highest BCUT2D eigenvalue weighted by molar-refractivity contribution is 5.50. The Kier molecular flexibility index (Phi) is 5.31. The molecule has 0 amide bonds. The summed E-state index contributed by atoms with van der Waals surface area (Å²) in [5.74, 6) is 0.731. The summed E-state index contributed by atoms with van der Waals surface area (Å²) in [7, 11) is 0. The number of hydrogen-bond acceptors (Lipinski definition) is 5. The van der Waals surface area contributed by atoms with Crippen molar-refractivity contribution in [2.45, 2.75) is 19.6 Å². The summed E-state index contributed by atoms with van der Waals surface area (Å²) in [6, 6.07) is 6.75. The molecule has 0 atom stereocenters. The van der Waals surface area contributed by atoms with Crippen LogP contribution in [0.15, 0.2) is 36.5 Å². The first-order valence-corrected chi connectivity index (χ1v) is 8.48. The fourth-order valence-corrected chi connectivity index (χ4v) is 3.16. The van der Waals surface area contributed by atoms with Gasteiger partial charge in [-0.25, -0.2) is 4.98 Å². The van der Waals surface area contributed by atoms with Crippen LogP contribution >= 0.6 is 0 Å². The van der Waals surface area contributed by atoms with Crippen LogP contribution in [0.3, 0.4) is 0 Å². The quantitative estimate of drug-likeness (QED) is 0.599. The molecule has 1 aromatic carbocycles. The van der Waals surface area contributed by atoms with Crippen molar-refractivity contribution in [3.05, 3.63) is 63.3 Å². The van der Waals surface area contributed by atoms with Crippen molar-refractivity contribution in [1.82, 2.24) is 9.88 Å². The molecule has 9 heteroatoms. The molecule has 1 aliphatic rings. The highest BCUT2D eigenvalue weighted by Crippen LogP contribution is 2.29. The predicted octanol–water partition coefficient (Wildman–Crippen LogP) is 3.64. The Hall–Kier alpha value is -2.68. The third-order valence-corrected chi connectivity index (χ3v) is 4.61. The monoisotopic (exact) mass is 380 g/mol. The Morgan fingerprint density at radius 2 is 1.78 bits per heavy atom. The van der Waals surface area contributed by atoms with E-state index >= 15 is 0 Å². The van der Waals surface area contributed by atoms with E-state index in [1.54, 1.807) is 6.92 Å². The van der Waals surface area contributed by atoms with Crippen molar-refractivity contribution in [3.63, 3.8) is 0 Å². The number of alkyl halides is 3. The number of piperazine rings is 1. The van der Waals surface area contributed by atoms with Gasteiger partial charge >= 0.3 is 6.18 Å². The van der Waals surface area contributed by atoms with E-state index in [0.717, 1.165) is 42.2 Å². The molecular formula is C18H19F3N4O2. The van der Waals surface area contributed by atoms with Crippen molar-refractivity contribution in [3.8, 4) is 0 Å². The molecular weight excluding hydrogens is 361 g/mol. The molecule has 1 aliphatic heterocycles. The third kappa shape index (κ3) is 4.54. The maximum Gasteiger partial charge on any atom is 0.416 e. The average molecular weight is 380 g/mol. The summed E-state index contributed by atoms with van der Waals surface area (Å²) >= 11 is 0. The predicted molar refractivity (Wildman–Crippen MR) is 94.6 cm³/mol. The van der Waals surface area contributed by atoms with E-state index in [0.29, 0.717) is 19.6 Å². The largest absolute Gasteiger partial charge is 0.416 e. The smallest absolute Gasteiger partial charge is 0.354 e. The summed E-state index contributed by atoms with van der Waals surface area (Å²) in [5.41, 5.74) is 0.912. The third-order valence-electron chi connectivity index (χ3n) is 4.61. The fraction of sp³-hybridized carbons (Fsp3) is 0.389. The van der Waals surface area contributed by atoms with E-state index in [4.69, 9.17) is 0 Å². The Bertz CT molecular complexity index is 816. The first-order valence-electron chi connectivity index (χ1n) is 8.48. The van der Waals surface area contributed by atoms with E-state index < -0.39 is 16.7 Å². The highest BCUT2D eigenvalue weighted by Gasteiger charge is 2.30. The highest BCUT2D eigenvalue weighted by atomic mass is 19.4. The summed E-state index contributed by atoms with van der Waals surface area (Å²) < 4.78 is 37.9. The van der Waals surface area contributed by atoms with Crippen LogP contribution in [-0.4, -0.2) is 41.0 Å². The molecule has 144 valence electrons. The number of benzene rings is 1. The van der Waals surface area contributed by atoms with Crippen LogP contribution in [0, 0.1) is 17.0 Å². The Morgan fingerprint density at radius 1 is 1.15 bits per heavy atom. The summed E-state index contributed by atoms with van der Waals surface area (Å²) in [4.78, 5) is 18.8. The molecule has 6 nitrogen and oxygen atoms in total. The number of halogens is 3. The van der Waals surface area contributed by atoms with Crippen LogP contribution in [-0.2, 0) is 12.7 Å². The summed E-state index contributed by atoms with van der Waals surface area (Å²) in [6.07, 6.45) is -3.06. The first kappa shape index (κ1) is 19.1. The van der Waals surface area contributed by atoms with Crippen LogP contribution in [0.25, 0.3) is 0 Å². The van der Waals surface area contributed by atoms with E-state index in [1.165, 1.54) is 24.4 Å².